The summed E-state index contributed by atoms with van der Waals surface area (Å²) in [6.45, 7) is 21.6. The van der Waals surface area contributed by atoms with E-state index in [1.165, 1.54) is 29.5 Å². The van der Waals surface area contributed by atoms with Gasteiger partial charge in [-0.1, -0.05) is 59.6 Å². The van der Waals surface area contributed by atoms with Crippen LogP contribution in [0.5, 0.6) is 0 Å². The number of halogens is 2. The number of hydrogen-bond acceptors (Lipinski definition) is 4. The van der Waals surface area contributed by atoms with Gasteiger partial charge in [-0.15, -0.1) is 11.6 Å². The van der Waals surface area contributed by atoms with E-state index in [9.17, 15) is 0 Å². The molecule has 1 N–H and O–H groups in total. The lowest BCUT2D eigenvalue weighted by atomic mass is 9.99. The predicted molar refractivity (Wildman–Crippen MR) is 162 cm³/mol. The molecule has 3 aromatic rings. The number of nitrogens with zero attached hydrogens (tertiary/aromatic N) is 3. The Morgan fingerprint density at radius 2 is 1.28 bits per heavy atom. The van der Waals surface area contributed by atoms with Gasteiger partial charge in [-0.25, -0.2) is 0 Å². The van der Waals surface area contributed by atoms with Crippen molar-refractivity contribution in [2.24, 2.45) is 0 Å². The molecule has 0 saturated carbocycles. The first kappa shape index (κ1) is 32.2. The largest absolute Gasteiger partial charge is 0.355 e. The summed E-state index contributed by atoms with van der Waals surface area (Å²) in [5.41, 5.74) is 7.24. The van der Waals surface area contributed by atoms with E-state index < -0.39 is 0 Å². The summed E-state index contributed by atoms with van der Waals surface area (Å²) in [5, 5.41) is 5.45. The van der Waals surface area contributed by atoms with Gasteiger partial charge in [-0.3, -0.25) is 14.8 Å². The number of rotatable bonds is 10. The number of anilines is 2. The van der Waals surface area contributed by atoms with Crippen LogP contribution in [0.1, 0.15) is 64.7 Å². The fraction of sp³-hybridized carbons (Fsp3) is 0.500. The number of hydrogen-bond donors (Lipinski definition) is 1. The topological polar surface area (TPSA) is 31.4 Å². The molecule has 1 aromatic heterocycles. The zero-order chi connectivity index (χ0) is 27.1. The van der Waals surface area contributed by atoms with Gasteiger partial charge in [0.1, 0.15) is 0 Å². The number of alkyl halides is 1. The van der Waals surface area contributed by atoms with Gasteiger partial charge in [0.2, 0.25) is 0 Å². The Morgan fingerprint density at radius 1 is 0.778 bits per heavy atom. The Bertz CT molecular complexity index is 996. The predicted octanol–water partition coefficient (Wildman–Crippen LogP) is 8.90. The van der Waals surface area contributed by atoms with E-state index in [4.69, 9.17) is 11.6 Å². The normalized spacial score (nSPS) is 10.7. The third kappa shape index (κ3) is 9.55. The summed E-state index contributed by atoms with van der Waals surface area (Å²) in [7, 11) is 0. The Labute approximate surface area is 230 Å². The van der Waals surface area contributed by atoms with Crippen LogP contribution in [0.15, 0.2) is 42.6 Å². The smallest absolute Gasteiger partial charge is 0.0737 e. The molecular weight excluding hydrogens is 487 g/mol. The summed E-state index contributed by atoms with van der Waals surface area (Å²) in [4.78, 5) is 9.42. The zero-order valence-corrected chi connectivity index (χ0v) is 25.1. The van der Waals surface area contributed by atoms with Crippen LogP contribution in [0, 0.1) is 6.92 Å². The first-order chi connectivity index (χ1) is 17.4. The van der Waals surface area contributed by atoms with Gasteiger partial charge in [0.25, 0.3) is 0 Å². The Hall–Kier alpha value is -1.85. The second kappa shape index (κ2) is 17.6. The highest BCUT2D eigenvalue weighted by molar-refractivity contribution is 6.31. The van der Waals surface area contributed by atoms with Crippen molar-refractivity contribution in [2.75, 3.05) is 37.9 Å². The van der Waals surface area contributed by atoms with Crippen molar-refractivity contribution in [1.29, 1.82) is 0 Å². The standard InChI is InChI=1S/C26H35ClN4.C3H8.CH3Cl/c1-6-30(7-2)17-20-14-23(15-21(19(20)5)18-31(8-3)9-4)29-25-12-13-28-26-16-22(27)10-11-24(25)26;1-3-2;1-2/h10-16H,6-9,17-18H2,1-5H3,(H,28,29);3H2,1-2H3;1H3. The maximum atomic E-state index is 6.17. The lowest BCUT2D eigenvalue weighted by molar-refractivity contribution is 0.290. The van der Waals surface area contributed by atoms with Crippen LogP contribution in [-0.2, 0) is 13.1 Å². The van der Waals surface area contributed by atoms with E-state index in [0.717, 1.165) is 61.5 Å². The quantitative estimate of drug-likeness (QED) is 0.264. The van der Waals surface area contributed by atoms with E-state index >= 15 is 0 Å². The highest BCUT2D eigenvalue weighted by Gasteiger charge is 2.13. The van der Waals surface area contributed by atoms with Gasteiger partial charge in [0, 0.05) is 47.5 Å². The second-order valence-corrected chi connectivity index (χ2v) is 9.13. The molecule has 4 nitrogen and oxygen atoms in total. The summed E-state index contributed by atoms with van der Waals surface area (Å²) in [5.74, 6) is 0. The molecule has 0 bridgehead atoms. The molecule has 0 fully saturated rings. The molecule has 200 valence electrons. The number of aromatic nitrogens is 1. The van der Waals surface area contributed by atoms with E-state index in [0.29, 0.717) is 5.02 Å². The van der Waals surface area contributed by atoms with Gasteiger partial charge in [0.05, 0.1) is 5.52 Å². The van der Waals surface area contributed by atoms with Crippen molar-refractivity contribution < 1.29 is 0 Å². The fourth-order valence-electron chi connectivity index (χ4n) is 4.00. The summed E-state index contributed by atoms with van der Waals surface area (Å²) in [6.07, 6.45) is 4.56. The number of nitrogens with one attached hydrogen (secondary N) is 1. The zero-order valence-electron chi connectivity index (χ0n) is 23.6. The SMILES string of the molecule is CCC.CCN(CC)Cc1cc(Nc2ccnc3cc(Cl)ccc23)cc(CN(CC)CC)c1C.CCl. The highest BCUT2D eigenvalue weighted by atomic mass is 35.5. The van der Waals surface area contributed by atoms with Crippen LogP contribution in [0.25, 0.3) is 10.9 Å². The maximum Gasteiger partial charge on any atom is 0.0737 e. The maximum absolute atomic E-state index is 6.17. The van der Waals surface area contributed by atoms with Crippen LogP contribution < -0.4 is 5.32 Å². The van der Waals surface area contributed by atoms with Gasteiger partial charge in [-0.2, -0.15) is 0 Å². The molecule has 2 aromatic carbocycles. The molecule has 0 amide bonds. The average molecular weight is 534 g/mol. The monoisotopic (exact) mass is 532 g/mol. The first-order valence-electron chi connectivity index (χ1n) is 13.2. The Morgan fingerprint density at radius 3 is 1.75 bits per heavy atom. The molecule has 6 heteroatoms. The van der Waals surface area contributed by atoms with Crippen molar-refractivity contribution >= 4 is 45.5 Å². The minimum absolute atomic E-state index is 0.704. The Kier molecular flexibility index (Phi) is 15.7. The van der Waals surface area contributed by atoms with Crippen LogP contribution in [-0.4, -0.2) is 47.3 Å². The van der Waals surface area contributed by atoms with Crippen LogP contribution >= 0.6 is 23.2 Å². The van der Waals surface area contributed by atoms with Crippen LogP contribution in [0.4, 0.5) is 11.4 Å². The van der Waals surface area contributed by atoms with Crippen molar-refractivity contribution in [1.82, 2.24) is 14.8 Å². The van der Waals surface area contributed by atoms with E-state index in [2.05, 4.69) is 92.3 Å². The van der Waals surface area contributed by atoms with Gasteiger partial charge < -0.3 is 5.32 Å². The molecule has 0 unspecified atom stereocenters. The summed E-state index contributed by atoms with van der Waals surface area (Å²) < 4.78 is 0. The van der Waals surface area contributed by atoms with Crippen LogP contribution in [0.3, 0.4) is 0 Å². The van der Waals surface area contributed by atoms with E-state index in [-0.39, 0.29) is 0 Å². The second-order valence-electron chi connectivity index (χ2n) is 8.69. The van der Waals surface area contributed by atoms with Crippen molar-refractivity contribution in [3.8, 4) is 0 Å². The first-order valence-corrected chi connectivity index (χ1v) is 14.3. The summed E-state index contributed by atoms with van der Waals surface area (Å²) in [6, 6.07) is 12.5. The third-order valence-electron chi connectivity index (χ3n) is 6.18. The van der Waals surface area contributed by atoms with Crippen molar-refractivity contribution in [3.05, 3.63) is 64.3 Å². The van der Waals surface area contributed by atoms with E-state index in [1.54, 1.807) is 0 Å². The molecule has 0 aliphatic carbocycles. The van der Waals surface area contributed by atoms with Crippen molar-refractivity contribution in [2.45, 2.75) is 68.0 Å². The number of benzene rings is 2. The molecule has 0 radical (unpaired) electrons. The minimum Gasteiger partial charge on any atom is -0.355 e. The average Bonchev–Trinajstić information content (AvgIpc) is 2.89. The van der Waals surface area contributed by atoms with Gasteiger partial charge in [-0.05, 0) is 86.2 Å². The molecule has 1 heterocycles. The number of pyridine rings is 1. The fourth-order valence-corrected chi connectivity index (χ4v) is 4.17. The molecule has 0 aliphatic rings. The molecule has 0 saturated heterocycles. The molecule has 0 aliphatic heterocycles. The van der Waals surface area contributed by atoms with Gasteiger partial charge >= 0.3 is 0 Å². The minimum atomic E-state index is 0.704. The van der Waals surface area contributed by atoms with Crippen LogP contribution in [0.2, 0.25) is 5.02 Å². The molecule has 36 heavy (non-hydrogen) atoms. The number of fused-ring (bicyclic) bond motifs is 1. The van der Waals surface area contributed by atoms with Gasteiger partial charge in [0.15, 0.2) is 0 Å². The van der Waals surface area contributed by atoms with E-state index in [1.807, 2.05) is 30.5 Å². The summed E-state index contributed by atoms with van der Waals surface area (Å²) >= 11 is 10.8. The highest BCUT2D eigenvalue weighted by Crippen LogP contribution is 2.30. The lowest BCUT2D eigenvalue weighted by Gasteiger charge is -2.25. The molecular formula is C30H46Cl2N4. The third-order valence-corrected chi connectivity index (χ3v) is 6.42. The molecule has 0 spiro atoms. The Balaban J connectivity index is 0.00000120. The molecule has 3 rings (SSSR count). The molecule has 0 atom stereocenters. The lowest BCUT2D eigenvalue weighted by Crippen LogP contribution is -2.25. The van der Waals surface area contributed by atoms with Crippen molar-refractivity contribution in [3.63, 3.8) is 0 Å².